The number of halogens is 2. The molecule has 0 radical (unpaired) electrons. The van der Waals surface area contributed by atoms with E-state index in [1.54, 1.807) is 0 Å². The maximum Gasteiger partial charge on any atom is 0.271 e. The molecular weight excluding hydrogens is 323 g/mol. The zero-order chi connectivity index (χ0) is 12.7. The van der Waals surface area contributed by atoms with Gasteiger partial charge in [-0.15, -0.1) is 5.10 Å². The molecule has 0 bridgehead atoms. The molecule has 0 fully saturated rings. The molecule has 0 aliphatic carbocycles. The van der Waals surface area contributed by atoms with E-state index in [-0.39, 0.29) is 10.6 Å². The molecule has 0 amide bonds. The average molecular weight is 332 g/mol. The van der Waals surface area contributed by atoms with Crippen molar-refractivity contribution in [2.24, 2.45) is 0 Å². The van der Waals surface area contributed by atoms with Gasteiger partial charge in [0.05, 0.1) is 19.3 Å². The van der Waals surface area contributed by atoms with E-state index in [1.807, 2.05) is 9.58 Å². The molecule has 7 nitrogen and oxygen atoms in total. The summed E-state index contributed by atoms with van der Waals surface area (Å²) >= 11 is 8.88. The molecule has 0 unspecified atom stereocenters. The van der Waals surface area contributed by atoms with Crippen molar-refractivity contribution in [3.63, 3.8) is 0 Å². The summed E-state index contributed by atoms with van der Waals surface area (Å²) in [5.74, 6) is 1.32. The smallest absolute Gasteiger partial charge is 0.271 e. The van der Waals surface area contributed by atoms with Crippen molar-refractivity contribution >= 4 is 33.5 Å². The minimum atomic E-state index is -0.338. The van der Waals surface area contributed by atoms with Gasteiger partial charge in [0, 0.05) is 6.54 Å². The van der Waals surface area contributed by atoms with Crippen LogP contribution in [-0.4, -0.2) is 31.3 Å². The van der Waals surface area contributed by atoms with E-state index in [4.69, 9.17) is 11.6 Å². The van der Waals surface area contributed by atoms with Crippen molar-refractivity contribution in [1.29, 1.82) is 0 Å². The zero-order valence-corrected chi connectivity index (χ0v) is 11.4. The van der Waals surface area contributed by atoms with Crippen LogP contribution in [0.1, 0.15) is 5.82 Å². The molecule has 1 aliphatic rings. The van der Waals surface area contributed by atoms with Gasteiger partial charge in [-0.1, -0.05) is 11.6 Å². The Kier molecular flexibility index (Phi) is 2.83. The van der Waals surface area contributed by atoms with E-state index in [9.17, 15) is 4.79 Å². The van der Waals surface area contributed by atoms with Gasteiger partial charge in [-0.3, -0.25) is 9.78 Å². The van der Waals surface area contributed by atoms with Crippen LogP contribution in [0.25, 0.3) is 0 Å². The average Bonchev–Trinajstić information content (AvgIpc) is 2.71. The molecule has 18 heavy (non-hydrogen) atoms. The minimum Gasteiger partial charge on any atom is -0.333 e. The maximum absolute atomic E-state index is 11.4. The fourth-order valence-electron chi connectivity index (χ4n) is 1.82. The molecule has 94 valence electrons. The van der Waals surface area contributed by atoms with Gasteiger partial charge in [0.15, 0.2) is 0 Å². The van der Waals surface area contributed by atoms with Crippen LogP contribution in [0, 0.1) is 0 Å². The monoisotopic (exact) mass is 330 g/mol. The van der Waals surface area contributed by atoms with Crippen molar-refractivity contribution in [3.8, 4) is 0 Å². The number of rotatable bonds is 1. The van der Waals surface area contributed by atoms with E-state index >= 15 is 0 Å². The van der Waals surface area contributed by atoms with Gasteiger partial charge >= 0.3 is 0 Å². The second-order valence-corrected chi connectivity index (χ2v) is 4.94. The molecule has 3 heterocycles. The summed E-state index contributed by atoms with van der Waals surface area (Å²) in [7, 11) is 0. The quantitative estimate of drug-likeness (QED) is 0.836. The Hall–Kier alpha value is -1.41. The molecule has 2 aromatic rings. The van der Waals surface area contributed by atoms with Crippen LogP contribution >= 0.6 is 27.5 Å². The van der Waals surface area contributed by atoms with Gasteiger partial charge in [0.2, 0.25) is 10.7 Å². The topological polar surface area (TPSA) is 79.7 Å². The van der Waals surface area contributed by atoms with Crippen LogP contribution < -0.4 is 10.5 Å². The highest BCUT2D eigenvalue weighted by atomic mass is 79.9. The van der Waals surface area contributed by atoms with Crippen molar-refractivity contribution in [2.45, 2.75) is 13.1 Å². The van der Waals surface area contributed by atoms with Crippen molar-refractivity contribution in [2.75, 3.05) is 11.4 Å². The van der Waals surface area contributed by atoms with Crippen LogP contribution in [-0.2, 0) is 13.1 Å². The number of anilines is 1. The Bertz CT molecular complexity index is 653. The van der Waals surface area contributed by atoms with Gasteiger partial charge < -0.3 is 4.90 Å². The summed E-state index contributed by atoms with van der Waals surface area (Å²) in [6.07, 6.45) is 1.35. The first-order valence-electron chi connectivity index (χ1n) is 5.22. The molecule has 0 aromatic carbocycles. The van der Waals surface area contributed by atoms with Crippen LogP contribution in [0.2, 0.25) is 5.02 Å². The Morgan fingerprint density at radius 3 is 3.06 bits per heavy atom. The first-order valence-corrected chi connectivity index (χ1v) is 6.39. The summed E-state index contributed by atoms with van der Waals surface area (Å²) in [4.78, 5) is 24.4. The lowest BCUT2D eigenvalue weighted by Crippen LogP contribution is -2.36. The van der Waals surface area contributed by atoms with E-state index in [0.29, 0.717) is 30.3 Å². The normalized spacial score (nSPS) is 14.7. The van der Waals surface area contributed by atoms with Gasteiger partial charge in [-0.2, -0.15) is 0 Å². The Labute approximate surface area is 115 Å². The highest BCUT2D eigenvalue weighted by Crippen LogP contribution is 2.16. The van der Waals surface area contributed by atoms with E-state index in [0.717, 1.165) is 5.82 Å². The summed E-state index contributed by atoms with van der Waals surface area (Å²) in [5, 5.41) is 4.28. The third-order valence-corrected chi connectivity index (χ3v) is 3.28. The summed E-state index contributed by atoms with van der Waals surface area (Å²) < 4.78 is 2.39. The molecule has 0 saturated carbocycles. The number of H-pyrrole nitrogens is 1. The lowest BCUT2D eigenvalue weighted by atomic mass is 10.4. The molecule has 0 saturated heterocycles. The largest absolute Gasteiger partial charge is 0.333 e. The Morgan fingerprint density at radius 1 is 1.44 bits per heavy atom. The number of fused-ring (bicyclic) bond motifs is 1. The fourth-order valence-corrected chi connectivity index (χ4v) is 2.31. The summed E-state index contributed by atoms with van der Waals surface area (Å²) in [6.45, 7) is 1.94. The first kappa shape index (κ1) is 11.7. The number of hydrogen-bond acceptors (Lipinski definition) is 5. The molecule has 1 N–H and O–H groups in total. The third kappa shape index (κ3) is 2.01. The van der Waals surface area contributed by atoms with Crippen LogP contribution in [0.15, 0.2) is 15.7 Å². The Balaban J connectivity index is 1.91. The Morgan fingerprint density at radius 2 is 2.28 bits per heavy atom. The predicted molar refractivity (Wildman–Crippen MR) is 68.6 cm³/mol. The molecule has 0 atom stereocenters. The molecule has 0 spiro atoms. The molecule has 3 rings (SSSR count). The predicted octanol–water partition coefficient (Wildman–Crippen LogP) is 0.797. The number of hydrogen-bond donors (Lipinski definition) is 1. The van der Waals surface area contributed by atoms with Crippen molar-refractivity contribution in [3.05, 3.63) is 32.1 Å². The highest BCUT2D eigenvalue weighted by molar-refractivity contribution is 9.10. The summed E-state index contributed by atoms with van der Waals surface area (Å²) in [5.41, 5.74) is -0.338. The number of aromatic amines is 1. The lowest BCUT2D eigenvalue weighted by molar-refractivity contribution is 0.505. The van der Waals surface area contributed by atoms with Crippen molar-refractivity contribution in [1.82, 2.24) is 24.7 Å². The van der Waals surface area contributed by atoms with Gasteiger partial charge in [0.25, 0.3) is 5.56 Å². The van der Waals surface area contributed by atoms with E-state index < -0.39 is 0 Å². The fraction of sp³-hybridized carbons (Fsp3) is 0.333. The first-order chi connectivity index (χ1) is 8.63. The van der Waals surface area contributed by atoms with Crippen LogP contribution in [0.4, 0.5) is 5.95 Å². The number of aromatic nitrogens is 5. The van der Waals surface area contributed by atoms with Crippen molar-refractivity contribution < 1.29 is 0 Å². The second-order valence-electron chi connectivity index (χ2n) is 3.83. The van der Waals surface area contributed by atoms with Gasteiger partial charge in [-0.25, -0.2) is 14.6 Å². The standard InChI is InChI=1S/C9H8BrClN6O/c10-8-13-6-4-16(1-2-17(6)15-8)9-12-3-5(11)7(18)14-9/h3H,1-2,4H2,(H,12,14,18). The highest BCUT2D eigenvalue weighted by Gasteiger charge is 2.21. The summed E-state index contributed by atoms with van der Waals surface area (Å²) in [6, 6.07) is 0. The van der Waals surface area contributed by atoms with Gasteiger partial charge in [-0.05, 0) is 15.9 Å². The third-order valence-electron chi connectivity index (χ3n) is 2.68. The number of nitrogens with zero attached hydrogens (tertiary/aromatic N) is 5. The van der Waals surface area contributed by atoms with E-state index in [2.05, 4.69) is 36.0 Å². The maximum atomic E-state index is 11.4. The lowest BCUT2D eigenvalue weighted by Gasteiger charge is -2.26. The zero-order valence-electron chi connectivity index (χ0n) is 9.10. The van der Waals surface area contributed by atoms with Crippen LogP contribution in [0.3, 0.4) is 0 Å². The molecule has 9 heteroatoms. The molecule has 1 aliphatic heterocycles. The SMILES string of the molecule is O=c1[nH]c(N2CCn3nc(Br)nc3C2)ncc1Cl. The van der Waals surface area contributed by atoms with E-state index in [1.165, 1.54) is 6.20 Å². The van der Waals surface area contributed by atoms with Gasteiger partial charge in [0.1, 0.15) is 10.8 Å². The second kappa shape index (κ2) is 4.36. The molecular formula is C9H8BrClN6O. The molecule has 2 aromatic heterocycles. The minimum absolute atomic E-state index is 0.0849. The number of nitrogens with one attached hydrogen (secondary N) is 1. The van der Waals surface area contributed by atoms with Crippen LogP contribution in [0.5, 0.6) is 0 Å².